The van der Waals surface area contributed by atoms with Crippen LogP contribution < -0.4 is 5.43 Å². The summed E-state index contributed by atoms with van der Waals surface area (Å²) in [6.45, 7) is 13.0. The van der Waals surface area contributed by atoms with E-state index in [0.717, 1.165) is 0 Å². The predicted molar refractivity (Wildman–Crippen MR) is 82.3 cm³/mol. The van der Waals surface area contributed by atoms with Gasteiger partial charge in [-0.3, -0.25) is 4.68 Å². The molecule has 2 nitrogen and oxygen atoms in total. The van der Waals surface area contributed by atoms with Gasteiger partial charge in [0, 0.05) is 11.4 Å². The lowest BCUT2D eigenvalue weighted by molar-refractivity contribution is 0.692. The number of hydrogen-bond donors (Lipinski definition) is 1. The molecule has 0 saturated carbocycles. The Hall–Kier alpha value is -1.70. The Morgan fingerprint density at radius 3 is 1.84 bits per heavy atom. The van der Waals surface area contributed by atoms with Crippen molar-refractivity contribution in [2.24, 2.45) is 0 Å². The van der Waals surface area contributed by atoms with Crippen LogP contribution in [0.4, 0.5) is 0 Å². The molecule has 0 bridgehead atoms. The maximum atomic E-state index is 3.59. The standard InChI is InChI=1S/C17H24N2/c1-11-9-12(2)17(13(3)10-11)16(6)18-19-14(4)7-8-15(19)5/h7-10,16,18H,1-6H3. The summed E-state index contributed by atoms with van der Waals surface area (Å²) >= 11 is 0. The third-order valence-corrected chi connectivity index (χ3v) is 3.76. The molecule has 0 fully saturated rings. The van der Waals surface area contributed by atoms with Crippen molar-refractivity contribution in [1.29, 1.82) is 0 Å². The van der Waals surface area contributed by atoms with E-state index in [4.69, 9.17) is 0 Å². The first-order valence-corrected chi connectivity index (χ1v) is 6.89. The maximum Gasteiger partial charge on any atom is 0.0650 e. The van der Waals surface area contributed by atoms with Gasteiger partial charge in [-0.15, -0.1) is 0 Å². The van der Waals surface area contributed by atoms with Crippen molar-refractivity contribution >= 4 is 0 Å². The average molecular weight is 256 g/mol. The molecule has 0 amide bonds. The van der Waals surface area contributed by atoms with Gasteiger partial charge in [-0.05, 0) is 70.4 Å². The lowest BCUT2D eigenvalue weighted by Gasteiger charge is -2.23. The van der Waals surface area contributed by atoms with Crippen molar-refractivity contribution in [3.63, 3.8) is 0 Å². The van der Waals surface area contributed by atoms with Crippen LogP contribution in [0.1, 0.15) is 46.6 Å². The van der Waals surface area contributed by atoms with Crippen LogP contribution in [0.2, 0.25) is 0 Å². The van der Waals surface area contributed by atoms with Crippen LogP contribution in [0.15, 0.2) is 24.3 Å². The highest BCUT2D eigenvalue weighted by atomic mass is 15.4. The normalized spacial score (nSPS) is 12.5. The Kier molecular flexibility index (Phi) is 3.70. The highest BCUT2D eigenvalue weighted by Gasteiger charge is 2.13. The summed E-state index contributed by atoms with van der Waals surface area (Å²) in [5.74, 6) is 0. The fourth-order valence-electron chi connectivity index (χ4n) is 3.00. The first-order valence-electron chi connectivity index (χ1n) is 6.89. The van der Waals surface area contributed by atoms with Gasteiger partial charge >= 0.3 is 0 Å². The van der Waals surface area contributed by atoms with Crippen LogP contribution in [0.3, 0.4) is 0 Å². The van der Waals surface area contributed by atoms with E-state index < -0.39 is 0 Å². The number of aromatic nitrogens is 1. The van der Waals surface area contributed by atoms with Gasteiger partial charge in [0.25, 0.3) is 0 Å². The second kappa shape index (κ2) is 5.12. The Labute approximate surface area is 116 Å². The number of aryl methyl sites for hydroxylation is 5. The molecule has 102 valence electrons. The molecule has 0 aliphatic rings. The molecule has 0 radical (unpaired) electrons. The zero-order chi connectivity index (χ0) is 14.2. The van der Waals surface area contributed by atoms with E-state index in [9.17, 15) is 0 Å². The third-order valence-electron chi connectivity index (χ3n) is 3.76. The molecule has 0 saturated heterocycles. The summed E-state index contributed by atoms with van der Waals surface area (Å²) in [7, 11) is 0. The molecule has 0 aliphatic heterocycles. The second-order valence-corrected chi connectivity index (χ2v) is 5.61. The Morgan fingerprint density at radius 1 is 0.895 bits per heavy atom. The van der Waals surface area contributed by atoms with Gasteiger partial charge in [-0.25, -0.2) is 0 Å². The van der Waals surface area contributed by atoms with Crippen LogP contribution in [-0.4, -0.2) is 4.68 Å². The molecule has 0 spiro atoms. The number of nitrogens with zero attached hydrogens (tertiary/aromatic N) is 1. The molecular formula is C17H24N2. The summed E-state index contributed by atoms with van der Waals surface area (Å²) < 4.78 is 2.17. The van der Waals surface area contributed by atoms with Crippen molar-refractivity contribution in [2.75, 3.05) is 5.43 Å². The molecule has 2 heteroatoms. The summed E-state index contributed by atoms with van der Waals surface area (Å²) in [6.07, 6.45) is 0. The monoisotopic (exact) mass is 256 g/mol. The zero-order valence-corrected chi connectivity index (χ0v) is 12.8. The lowest BCUT2D eigenvalue weighted by atomic mass is 9.95. The van der Waals surface area contributed by atoms with Crippen LogP contribution in [0.5, 0.6) is 0 Å². The smallest absolute Gasteiger partial charge is 0.0650 e. The highest BCUT2D eigenvalue weighted by molar-refractivity contribution is 5.40. The molecule has 2 rings (SSSR count). The lowest BCUT2D eigenvalue weighted by Crippen LogP contribution is -2.22. The van der Waals surface area contributed by atoms with Gasteiger partial charge in [-0.2, -0.15) is 0 Å². The zero-order valence-electron chi connectivity index (χ0n) is 12.8. The molecule has 1 aromatic heterocycles. The van der Waals surface area contributed by atoms with Crippen molar-refractivity contribution in [2.45, 2.75) is 47.6 Å². The number of nitrogens with one attached hydrogen (secondary N) is 1. The van der Waals surface area contributed by atoms with E-state index in [-0.39, 0.29) is 0 Å². The Bertz CT molecular complexity index is 551. The number of benzene rings is 1. The van der Waals surface area contributed by atoms with Crippen molar-refractivity contribution in [3.05, 3.63) is 57.9 Å². The minimum absolute atomic E-state index is 0.297. The Balaban J connectivity index is 2.33. The minimum Gasteiger partial charge on any atom is -0.319 e. The summed E-state index contributed by atoms with van der Waals surface area (Å²) in [5, 5.41) is 0. The summed E-state index contributed by atoms with van der Waals surface area (Å²) in [4.78, 5) is 0. The van der Waals surface area contributed by atoms with Gasteiger partial charge in [0.2, 0.25) is 0 Å². The van der Waals surface area contributed by atoms with Crippen molar-refractivity contribution in [3.8, 4) is 0 Å². The molecule has 1 heterocycles. The fraction of sp³-hybridized carbons (Fsp3) is 0.412. The second-order valence-electron chi connectivity index (χ2n) is 5.61. The van der Waals surface area contributed by atoms with E-state index in [0.29, 0.717) is 6.04 Å². The first-order chi connectivity index (χ1) is 8.90. The molecule has 1 unspecified atom stereocenters. The highest BCUT2D eigenvalue weighted by Crippen LogP contribution is 2.24. The predicted octanol–water partition coefficient (Wildman–Crippen LogP) is 4.33. The minimum atomic E-state index is 0.297. The van der Waals surface area contributed by atoms with Gasteiger partial charge in [0.15, 0.2) is 0 Å². The Morgan fingerprint density at radius 2 is 1.37 bits per heavy atom. The average Bonchev–Trinajstić information content (AvgIpc) is 2.59. The SMILES string of the molecule is Cc1cc(C)c(C(C)Nn2c(C)ccc2C)c(C)c1. The molecule has 0 aliphatic carbocycles. The summed E-state index contributed by atoms with van der Waals surface area (Å²) in [6, 6.07) is 9.10. The van der Waals surface area contributed by atoms with Gasteiger partial charge in [-0.1, -0.05) is 17.7 Å². The first kappa shape index (κ1) is 13.7. The largest absolute Gasteiger partial charge is 0.319 e. The molecular weight excluding hydrogens is 232 g/mol. The molecule has 2 aromatic rings. The van der Waals surface area contributed by atoms with Crippen LogP contribution in [-0.2, 0) is 0 Å². The van der Waals surface area contributed by atoms with Gasteiger partial charge in [0.05, 0.1) is 6.04 Å². The summed E-state index contributed by atoms with van der Waals surface area (Å²) in [5.41, 5.74) is 11.5. The van der Waals surface area contributed by atoms with Crippen molar-refractivity contribution in [1.82, 2.24) is 4.68 Å². The van der Waals surface area contributed by atoms with E-state index >= 15 is 0 Å². The maximum absolute atomic E-state index is 3.59. The molecule has 1 atom stereocenters. The molecule has 1 N–H and O–H groups in total. The number of rotatable bonds is 3. The van der Waals surface area contributed by atoms with Crippen molar-refractivity contribution < 1.29 is 0 Å². The van der Waals surface area contributed by atoms with E-state index in [2.05, 4.69) is 75.9 Å². The number of hydrogen-bond acceptors (Lipinski definition) is 1. The van der Waals surface area contributed by atoms with E-state index in [1.54, 1.807) is 0 Å². The van der Waals surface area contributed by atoms with Gasteiger partial charge in [0.1, 0.15) is 0 Å². The molecule has 19 heavy (non-hydrogen) atoms. The van der Waals surface area contributed by atoms with E-state index in [1.165, 1.54) is 33.6 Å². The topological polar surface area (TPSA) is 17.0 Å². The van der Waals surface area contributed by atoms with E-state index in [1.807, 2.05) is 0 Å². The third kappa shape index (κ3) is 2.67. The fourth-order valence-corrected chi connectivity index (χ4v) is 3.00. The van der Waals surface area contributed by atoms with Crippen LogP contribution in [0.25, 0.3) is 0 Å². The quantitative estimate of drug-likeness (QED) is 0.864. The molecule has 1 aromatic carbocycles. The van der Waals surface area contributed by atoms with Crippen LogP contribution in [0, 0.1) is 34.6 Å². The van der Waals surface area contributed by atoms with Crippen LogP contribution >= 0.6 is 0 Å². The van der Waals surface area contributed by atoms with Gasteiger partial charge < -0.3 is 5.43 Å².